The van der Waals surface area contributed by atoms with E-state index in [9.17, 15) is 4.79 Å². The number of benzene rings is 1. The van der Waals surface area contributed by atoms with Gasteiger partial charge in [0, 0.05) is 24.7 Å². The molecule has 1 aromatic carbocycles. The zero-order valence-electron chi connectivity index (χ0n) is 11.4. The van der Waals surface area contributed by atoms with Gasteiger partial charge >= 0.3 is 0 Å². The Labute approximate surface area is 129 Å². The Balaban J connectivity index is 1.99. The maximum atomic E-state index is 12.3. The van der Waals surface area contributed by atoms with Crippen molar-refractivity contribution in [2.75, 3.05) is 26.2 Å². The molecule has 1 aliphatic rings. The normalized spacial score (nSPS) is 17.4. The third-order valence-corrected chi connectivity index (χ3v) is 3.73. The highest BCUT2D eigenvalue weighted by Crippen LogP contribution is 2.28. The van der Waals surface area contributed by atoms with Crippen LogP contribution in [0.2, 0.25) is 10.0 Å². The highest BCUT2D eigenvalue weighted by Gasteiger charge is 2.23. The number of carbonyl (C=O) groups excluding carboxylic acids is 1. The highest BCUT2D eigenvalue weighted by molar-refractivity contribution is 6.35. The van der Waals surface area contributed by atoms with E-state index in [-0.39, 0.29) is 5.91 Å². The summed E-state index contributed by atoms with van der Waals surface area (Å²) in [6, 6.07) is 4.97. The van der Waals surface area contributed by atoms with Crippen LogP contribution in [0, 0.1) is 0 Å². The van der Waals surface area contributed by atoms with Gasteiger partial charge in [0.05, 0.1) is 5.02 Å². The molecule has 0 bridgehead atoms. The summed E-state index contributed by atoms with van der Waals surface area (Å²) in [4.78, 5) is 14.2. The van der Waals surface area contributed by atoms with Crippen LogP contribution in [-0.4, -0.2) is 43.1 Å². The summed E-state index contributed by atoms with van der Waals surface area (Å²) >= 11 is 11.9. The molecule has 1 fully saturated rings. The zero-order valence-corrected chi connectivity index (χ0v) is 12.9. The van der Waals surface area contributed by atoms with Crippen molar-refractivity contribution in [3.05, 3.63) is 28.2 Å². The fourth-order valence-corrected chi connectivity index (χ4v) is 2.59. The van der Waals surface area contributed by atoms with Crippen molar-refractivity contribution in [3.63, 3.8) is 0 Å². The van der Waals surface area contributed by atoms with E-state index in [1.165, 1.54) is 0 Å². The number of halogens is 2. The van der Waals surface area contributed by atoms with E-state index in [0.29, 0.717) is 22.3 Å². The van der Waals surface area contributed by atoms with Gasteiger partial charge in [-0.15, -0.1) is 0 Å². The Kier molecular flexibility index (Phi) is 5.52. The van der Waals surface area contributed by atoms with E-state index in [1.54, 1.807) is 25.1 Å². The number of carbonyl (C=O) groups is 1. The zero-order chi connectivity index (χ0) is 14.5. The maximum Gasteiger partial charge on any atom is 0.263 e. The average Bonchev–Trinajstić information content (AvgIpc) is 2.70. The minimum Gasteiger partial charge on any atom is -0.479 e. The minimum atomic E-state index is -0.563. The van der Waals surface area contributed by atoms with Crippen molar-refractivity contribution in [3.8, 4) is 5.75 Å². The van der Waals surface area contributed by atoms with Gasteiger partial charge in [0.1, 0.15) is 5.75 Å². The van der Waals surface area contributed by atoms with Crippen LogP contribution in [0.15, 0.2) is 18.2 Å². The van der Waals surface area contributed by atoms with E-state index in [2.05, 4.69) is 5.32 Å². The summed E-state index contributed by atoms with van der Waals surface area (Å²) in [6.45, 7) is 4.97. The first kappa shape index (κ1) is 15.4. The molecule has 1 aromatic rings. The summed E-state index contributed by atoms with van der Waals surface area (Å²) in [5, 5.41) is 4.22. The molecule has 0 aliphatic carbocycles. The number of hydrogen-bond donors (Lipinski definition) is 1. The minimum absolute atomic E-state index is 0.0142. The smallest absolute Gasteiger partial charge is 0.263 e. The van der Waals surface area contributed by atoms with E-state index < -0.39 is 6.10 Å². The van der Waals surface area contributed by atoms with Gasteiger partial charge in [-0.1, -0.05) is 23.2 Å². The van der Waals surface area contributed by atoms with E-state index >= 15 is 0 Å². The molecule has 1 aliphatic heterocycles. The molecule has 1 atom stereocenters. The first-order valence-electron chi connectivity index (χ1n) is 6.69. The lowest BCUT2D eigenvalue weighted by Crippen LogP contribution is -2.42. The quantitative estimate of drug-likeness (QED) is 0.932. The molecule has 1 saturated heterocycles. The van der Waals surface area contributed by atoms with Gasteiger partial charge in [0.15, 0.2) is 6.10 Å². The molecule has 0 radical (unpaired) electrons. The molecule has 1 N–H and O–H groups in total. The number of nitrogens with zero attached hydrogens (tertiary/aromatic N) is 1. The molecule has 2 rings (SSSR count). The molecule has 110 valence electrons. The number of hydrogen-bond acceptors (Lipinski definition) is 3. The second kappa shape index (κ2) is 7.16. The van der Waals surface area contributed by atoms with Gasteiger partial charge in [-0.25, -0.2) is 0 Å². The molecule has 1 unspecified atom stereocenters. The Bertz CT molecular complexity index is 474. The number of amides is 1. The third-order valence-electron chi connectivity index (χ3n) is 3.20. The first-order chi connectivity index (χ1) is 9.58. The lowest BCUT2D eigenvalue weighted by Gasteiger charge is -2.24. The van der Waals surface area contributed by atoms with Crippen molar-refractivity contribution in [1.82, 2.24) is 10.2 Å². The fraction of sp³-hybridized carbons (Fsp3) is 0.500. The summed E-state index contributed by atoms with van der Waals surface area (Å²) < 4.78 is 5.65. The maximum absolute atomic E-state index is 12.3. The van der Waals surface area contributed by atoms with Crippen molar-refractivity contribution in [1.29, 1.82) is 0 Å². The monoisotopic (exact) mass is 316 g/mol. The van der Waals surface area contributed by atoms with Crippen molar-refractivity contribution in [2.24, 2.45) is 0 Å². The van der Waals surface area contributed by atoms with Crippen LogP contribution in [0.4, 0.5) is 0 Å². The van der Waals surface area contributed by atoms with Crippen LogP contribution >= 0.6 is 23.2 Å². The molecular formula is C14H18Cl2N2O2. The van der Waals surface area contributed by atoms with Crippen molar-refractivity contribution < 1.29 is 9.53 Å². The topological polar surface area (TPSA) is 41.6 Å². The number of rotatable bonds is 3. The Morgan fingerprint density at radius 1 is 1.35 bits per heavy atom. The first-order valence-corrected chi connectivity index (χ1v) is 7.45. The van der Waals surface area contributed by atoms with Gasteiger partial charge in [-0.2, -0.15) is 0 Å². The second-order valence-electron chi connectivity index (χ2n) is 4.76. The standard InChI is InChI=1S/C14H18Cl2N2O2/c1-10(14(19)18-7-2-5-17-6-8-18)20-13-4-3-11(15)9-12(13)16/h3-4,9-10,17H,2,5-8H2,1H3. The predicted molar refractivity (Wildman–Crippen MR) is 80.6 cm³/mol. The molecule has 1 amide bonds. The molecule has 6 heteroatoms. The molecule has 0 aromatic heterocycles. The van der Waals surface area contributed by atoms with Crippen LogP contribution in [0.3, 0.4) is 0 Å². The third kappa shape index (κ3) is 4.01. The molecule has 1 heterocycles. The molecule has 0 spiro atoms. The van der Waals surface area contributed by atoms with Gasteiger partial charge < -0.3 is 15.0 Å². The van der Waals surface area contributed by atoms with Gasteiger partial charge in [0.2, 0.25) is 0 Å². The van der Waals surface area contributed by atoms with E-state index in [0.717, 1.165) is 26.1 Å². The van der Waals surface area contributed by atoms with Crippen LogP contribution in [0.25, 0.3) is 0 Å². The van der Waals surface area contributed by atoms with Crippen LogP contribution in [-0.2, 0) is 4.79 Å². The summed E-state index contributed by atoms with van der Waals surface area (Å²) in [5.74, 6) is 0.463. The van der Waals surface area contributed by atoms with Crippen molar-refractivity contribution >= 4 is 29.1 Å². The largest absolute Gasteiger partial charge is 0.479 e. The second-order valence-corrected chi connectivity index (χ2v) is 5.61. The van der Waals surface area contributed by atoms with Gasteiger partial charge in [-0.05, 0) is 38.1 Å². The van der Waals surface area contributed by atoms with Gasteiger partial charge in [0.25, 0.3) is 5.91 Å². The number of ether oxygens (including phenoxy) is 1. The SMILES string of the molecule is CC(Oc1ccc(Cl)cc1Cl)C(=O)N1CCCNCC1. The van der Waals surface area contributed by atoms with E-state index in [1.807, 2.05) is 4.90 Å². The van der Waals surface area contributed by atoms with E-state index in [4.69, 9.17) is 27.9 Å². The van der Waals surface area contributed by atoms with Gasteiger partial charge in [-0.3, -0.25) is 4.79 Å². The van der Waals surface area contributed by atoms with Crippen LogP contribution in [0.1, 0.15) is 13.3 Å². The van der Waals surface area contributed by atoms with Crippen molar-refractivity contribution in [2.45, 2.75) is 19.4 Å². The Hall–Kier alpha value is -0.970. The number of nitrogens with one attached hydrogen (secondary N) is 1. The highest BCUT2D eigenvalue weighted by atomic mass is 35.5. The lowest BCUT2D eigenvalue weighted by molar-refractivity contribution is -0.137. The molecule has 0 saturated carbocycles. The Morgan fingerprint density at radius 2 is 2.15 bits per heavy atom. The summed E-state index contributed by atoms with van der Waals surface area (Å²) in [7, 11) is 0. The molecule has 20 heavy (non-hydrogen) atoms. The van der Waals surface area contributed by atoms with Crippen LogP contribution < -0.4 is 10.1 Å². The molecule has 4 nitrogen and oxygen atoms in total. The predicted octanol–water partition coefficient (Wildman–Crippen LogP) is 2.58. The fourth-order valence-electron chi connectivity index (χ4n) is 2.13. The summed E-state index contributed by atoms with van der Waals surface area (Å²) in [6.07, 6.45) is 0.395. The average molecular weight is 317 g/mol. The lowest BCUT2D eigenvalue weighted by atomic mass is 10.3. The van der Waals surface area contributed by atoms with Crippen LogP contribution in [0.5, 0.6) is 5.75 Å². The summed E-state index contributed by atoms with van der Waals surface area (Å²) in [5.41, 5.74) is 0. The Morgan fingerprint density at radius 3 is 2.90 bits per heavy atom. The molecular weight excluding hydrogens is 299 g/mol.